The van der Waals surface area contributed by atoms with Crippen molar-refractivity contribution in [1.82, 2.24) is 10.0 Å². The molecule has 1 aliphatic carbocycles. The van der Waals surface area contributed by atoms with Crippen LogP contribution in [0.1, 0.15) is 39.0 Å². The van der Waals surface area contributed by atoms with Crippen LogP contribution in [0, 0.1) is 5.92 Å². The second-order valence-corrected chi connectivity index (χ2v) is 7.52. The van der Waals surface area contributed by atoms with Gasteiger partial charge in [-0.25, -0.2) is 13.1 Å². The molecule has 1 rings (SSSR count). The molecular formula is C13H26N2O4S. The highest BCUT2D eigenvalue weighted by molar-refractivity contribution is 7.88. The molecule has 6 nitrogen and oxygen atoms in total. The molecule has 2 unspecified atom stereocenters. The van der Waals surface area contributed by atoms with E-state index in [-0.39, 0.29) is 17.4 Å². The summed E-state index contributed by atoms with van der Waals surface area (Å²) in [4.78, 5) is 11.8. The Labute approximate surface area is 121 Å². The number of esters is 1. The lowest BCUT2D eigenvalue weighted by molar-refractivity contribution is -0.149. The lowest BCUT2D eigenvalue weighted by Gasteiger charge is -2.40. The normalized spacial score (nSPS) is 27.2. The summed E-state index contributed by atoms with van der Waals surface area (Å²) in [7, 11) is -1.70. The predicted molar refractivity (Wildman–Crippen MR) is 77.8 cm³/mol. The van der Waals surface area contributed by atoms with Crippen LogP contribution in [-0.2, 0) is 19.6 Å². The Bertz CT molecular complexity index is 424. The molecule has 2 atom stereocenters. The molecule has 1 saturated carbocycles. The van der Waals surface area contributed by atoms with Crippen molar-refractivity contribution in [2.75, 3.05) is 26.5 Å². The average molecular weight is 306 g/mol. The van der Waals surface area contributed by atoms with Gasteiger partial charge in [0.15, 0.2) is 0 Å². The Morgan fingerprint density at radius 2 is 2.05 bits per heavy atom. The maximum absolute atomic E-state index is 11.8. The first-order valence-corrected chi connectivity index (χ1v) is 8.95. The highest BCUT2D eigenvalue weighted by Crippen LogP contribution is 2.34. The topological polar surface area (TPSA) is 84.5 Å². The molecule has 2 N–H and O–H groups in total. The van der Waals surface area contributed by atoms with Crippen molar-refractivity contribution >= 4 is 16.0 Å². The van der Waals surface area contributed by atoms with Crippen molar-refractivity contribution in [1.29, 1.82) is 0 Å². The van der Waals surface area contributed by atoms with Gasteiger partial charge in [0.1, 0.15) is 0 Å². The number of hydrogen-bond donors (Lipinski definition) is 2. The van der Waals surface area contributed by atoms with Crippen molar-refractivity contribution in [3.8, 4) is 0 Å². The van der Waals surface area contributed by atoms with Crippen LogP contribution in [0.4, 0.5) is 0 Å². The Hall–Kier alpha value is -0.660. The third-order valence-corrected chi connectivity index (χ3v) is 4.67. The Balaban J connectivity index is 2.44. The summed E-state index contributed by atoms with van der Waals surface area (Å²) in [5.74, 6) is -0.280. The zero-order valence-corrected chi connectivity index (χ0v) is 13.4. The first-order chi connectivity index (χ1) is 9.28. The van der Waals surface area contributed by atoms with Crippen molar-refractivity contribution < 1.29 is 17.9 Å². The van der Waals surface area contributed by atoms with E-state index in [0.29, 0.717) is 19.5 Å². The molecule has 0 aromatic rings. The summed E-state index contributed by atoms with van der Waals surface area (Å²) in [6.45, 7) is 3.13. The molecule has 0 spiro atoms. The number of nitrogens with one attached hydrogen (secondary N) is 2. The van der Waals surface area contributed by atoms with Crippen molar-refractivity contribution in [2.45, 2.75) is 44.6 Å². The fourth-order valence-electron chi connectivity index (χ4n) is 2.79. The van der Waals surface area contributed by atoms with Gasteiger partial charge in [0.05, 0.1) is 19.3 Å². The van der Waals surface area contributed by atoms with E-state index in [1.54, 1.807) is 0 Å². The van der Waals surface area contributed by atoms with E-state index in [1.807, 2.05) is 0 Å². The van der Waals surface area contributed by atoms with Gasteiger partial charge in [-0.05, 0) is 32.7 Å². The molecule has 0 heterocycles. The highest BCUT2D eigenvalue weighted by atomic mass is 32.2. The zero-order valence-electron chi connectivity index (χ0n) is 12.6. The smallest absolute Gasteiger partial charge is 0.310 e. The molecule has 7 heteroatoms. The van der Waals surface area contributed by atoms with E-state index in [9.17, 15) is 13.2 Å². The molecule has 0 saturated heterocycles. The Morgan fingerprint density at radius 1 is 1.35 bits per heavy atom. The van der Waals surface area contributed by atoms with Gasteiger partial charge >= 0.3 is 5.97 Å². The SMILES string of the molecule is COC(=O)C1CCCCC1(C)NCCCNS(C)(=O)=O. The molecule has 1 fully saturated rings. The van der Waals surface area contributed by atoms with Gasteiger partial charge in [-0.2, -0.15) is 0 Å². The van der Waals surface area contributed by atoms with Gasteiger partial charge < -0.3 is 10.1 Å². The summed E-state index contributed by atoms with van der Waals surface area (Å²) >= 11 is 0. The number of carbonyl (C=O) groups is 1. The van der Waals surface area contributed by atoms with Crippen LogP contribution in [0.5, 0.6) is 0 Å². The van der Waals surface area contributed by atoms with Crippen LogP contribution in [-0.4, -0.2) is 46.4 Å². The molecular weight excluding hydrogens is 280 g/mol. The predicted octanol–water partition coefficient (Wildman–Crippen LogP) is 0.637. The van der Waals surface area contributed by atoms with E-state index in [4.69, 9.17) is 4.74 Å². The first kappa shape index (κ1) is 17.4. The average Bonchev–Trinajstić information content (AvgIpc) is 2.36. The van der Waals surface area contributed by atoms with Crippen LogP contribution in [0.3, 0.4) is 0 Å². The van der Waals surface area contributed by atoms with E-state index < -0.39 is 10.0 Å². The summed E-state index contributed by atoms with van der Waals surface area (Å²) in [6.07, 6.45) is 5.77. The largest absolute Gasteiger partial charge is 0.469 e. The molecule has 1 aliphatic rings. The molecule has 0 bridgehead atoms. The number of rotatable bonds is 7. The van der Waals surface area contributed by atoms with Crippen molar-refractivity contribution in [3.63, 3.8) is 0 Å². The third kappa shape index (κ3) is 5.38. The number of carbonyl (C=O) groups excluding carboxylic acids is 1. The van der Waals surface area contributed by atoms with E-state index in [2.05, 4.69) is 17.0 Å². The fourth-order valence-corrected chi connectivity index (χ4v) is 3.30. The molecule has 0 radical (unpaired) electrons. The summed E-state index contributed by atoms with van der Waals surface area (Å²) in [6, 6.07) is 0. The Kier molecular flexibility index (Phi) is 6.42. The minimum atomic E-state index is -3.12. The monoisotopic (exact) mass is 306 g/mol. The van der Waals surface area contributed by atoms with Crippen LogP contribution in [0.25, 0.3) is 0 Å². The van der Waals surface area contributed by atoms with Crippen LogP contribution in [0.15, 0.2) is 0 Å². The molecule has 0 aromatic carbocycles. The van der Waals surface area contributed by atoms with Gasteiger partial charge in [0, 0.05) is 12.1 Å². The lowest BCUT2D eigenvalue weighted by atomic mass is 9.74. The maximum atomic E-state index is 11.8. The number of methoxy groups -OCH3 is 1. The van der Waals surface area contributed by atoms with Crippen molar-refractivity contribution in [2.24, 2.45) is 5.92 Å². The standard InChI is InChI=1S/C13H26N2O4S/c1-13(14-9-6-10-15-20(3,17)18)8-5-4-7-11(13)12(16)19-2/h11,14-15H,4-10H2,1-3H3. The van der Waals surface area contributed by atoms with Gasteiger partial charge in [-0.15, -0.1) is 0 Å². The molecule has 20 heavy (non-hydrogen) atoms. The summed E-state index contributed by atoms with van der Waals surface area (Å²) in [5, 5.41) is 3.41. The second-order valence-electron chi connectivity index (χ2n) is 5.69. The van der Waals surface area contributed by atoms with E-state index in [0.717, 1.165) is 31.9 Å². The first-order valence-electron chi connectivity index (χ1n) is 7.06. The van der Waals surface area contributed by atoms with Gasteiger partial charge in [-0.1, -0.05) is 12.8 Å². The maximum Gasteiger partial charge on any atom is 0.310 e. The van der Waals surface area contributed by atoms with E-state index >= 15 is 0 Å². The lowest BCUT2D eigenvalue weighted by Crippen LogP contribution is -2.54. The van der Waals surface area contributed by atoms with Crippen LogP contribution in [0.2, 0.25) is 0 Å². The number of hydrogen-bond acceptors (Lipinski definition) is 5. The summed E-state index contributed by atoms with van der Waals surface area (Å²) in [5.41, 5.74) is -0.254. The third-order valence-electron chi connectivity index (χ3n) is 3.94. The number of ether oxygens (including phenoxy) is 1. The Morgan fingerprint density at radius 3 is 2.65 bits per heavy atom. The van der Waals surface area contributed by atoms with E-state index in [1.165, 1.54) is 7.11 Å². The number of sulfonamides is 1. The molecule has 0 aliphatic heterocycles. The minimum absolute atomic E-state index is 0.121. The zero-order chi connectivity index (χ0) is 15.2. The molecule has 0 aromatic heterocycles. The van der Waals surface area contributed by atoms with Crippen molar-refractivity contribution in [3.05, 3.63) is 0 Å². The van der Waals surface area contributed by atoms with Gasteiger partial charge in [0.2, 0.25) is 10.0 Å². The highest BCUT2D eigenvalue weighted by Gasteiger charge is 2.41. The van der Waals surface area contributed by atoms with Gasteiger partial charge in [0.25, 0.3) is 0 Å². The molecule has 0 amide bonds. The summed E-state index contributed by atoms with van der Waals surface area (Å²) < 4.78 is 29.2. The van der Waals surface area contributed by atoms with Gasteiger partial charge in [-0.3, -0.25) is 4.79 Å². The fraction of sp³-hybridized carbons (Fsp3) is 0.923. The minimum Gasteiger partial charge on any atom is -0.469 e. The van der Waals surface area contributed by atoms with Crippen LogP contribution < -0.4 is 10.0 Å². The quantitative estimate of drug-likeness (QED) is 0.532. The second kappa shape index (κ2) is 7.38. The molecule has 118 valence electrons. The van der Waals surface area contributed by atoms with Crippen LogP contribution >= 0.6 is 0 Å².